The molecule has 0 radical (unpaired) electrons. The third-order valence-corrected chi connectivity index (χ3v) is 4.67. The average molecular weight is 338 g/mol. The van der Waals surface area contributed by atoms with E-state index in [9.17, 15) is 4.79 Å². The zero-order chi connectivity index (χ0) is 14.4. The molecule has 20 heavy (non-hydrogen) atoms. The highest BCUT2D eigenvalue weighted by atomic mass is 79.9. The van der Waals surface area contributed by atoms with Gasteiger partial charge >= 0.3 is 0 Å². The van der Waals surface area contributed by atoms with E-state index in [1.165, 1.54) is 38.5 Å². The Morgan fingerprint density at radius 3 is 2.65 bits per heavy atom. The number of benzene rings is 1. The topological polar surface area (TPSA) is 29.1 Å². The summed E-state index contributed by atoms with van der Waals surface area (Å²) in [7, 11) is 0. The summed E-state index contributed by atoms with van der Waals surface area (Å²) in [5.41, 5.74) is 1.15. The van der Waals surface area contributed by atoms with E-state index in [4.69, 9.17) is 0 Å². The van der Waals surface area contributed by atoms with Crippen molar-refractivity contribution in [2.45, 2.75) is 57.9 Å². The molecule has 0 bridgehead atoms. The Kier molecular flexibility index (Phi) is 6.08. The van der Waals surface area contributed by atoms with Gasteiger partial charge in [-0.15, -0.1) is 0 Å². The van der Waals surface area contributed by atoms with E-state index in [2.05, 4.69) is 33.4 Å². The molecule has 1 saturated carbocycles. The molecule has 0 aromatic heterocycles. The number of rotatable bonds is 4. The molecule has 1 aliphatic carbocycles. The Hall–Kier alpha value is -0.830. The van der Waals surface area contributed by atoms with Gasteiger partial charge in [0.15, 0.2) is 0 Å². The van der Waals surface area contributed by atoms with Crippen LogP contribution in [0.5, 0.6) is 0 Å². The van der Waals surface area contributed by atoms with Gasteiger partial charge in [-0.2, -0.15) is 0 Å². The summed E-state index contributed by atoms with van der Waals surface area (Å²) >= 11 is 3.47. The maximum absolute atomic E-state index is 12.2. The van der Waals surface area contributed by atoms with Gasteiger partial charge in [0.05, 0.1) is 6.04 Å². The lowest BCUT2D eigenvalue weighted by molar-refractivity contribution is -0.122. The van der Waals surface area contributed by atoms with Crippen molar-refractivity contribution >= 4 is 21.8 Å². The molecule has 1 amide bonds. The van der Waals surface area contributed by atoms with E-state index in [0.717, 1.165) is 10.0 Å². The van der Waals surface area contributed by atoms with E-state index >= 15 is 0 Å². The molecule has 0 heterocycles. The number of nitrogens with one attached hydrogen (secondary N) is 1. The zero-order valence-corrected chi connectivity index (χ0v) is 13.8. The van der Waals surface area contributed by atoms with Gasteiger partial charge in [0.2, 0.25) is 5.91 Å². The fraction of sp³-hybridized carbons (Fsp3) is 0.588. The highest BCUT2D eigenvalue weighted by Gasteiger charge is 2.17. The van der Waals surface area contributed by atoms with E-state index in [-0.39, 0.29) is 11.9 Å². The van der Waals surface area contributed by atoms with Crippen LogP contribution in [0.2, 0.25) is 0 Å². The largest absolute Gasteiger partial charge is 0.350 e. The highest BCUT2D eigenvalue weighted by Crippen LogP contribution is 2.26. The number of hydrogen-bond donors (Lipinski definition) is 1. The minimum absolute atomic E-state index is 0.0748. The summed E-state index contributed by atoms with van der Waals surface area (Å²) < 4.78 is 1.06. The molecular weight excluding hydrogens is 314 g/mol. The van der Waals surface area contributed by atoms with Crippen LogP contribution >= 0.6 is 15.9 Å². The summed E-state index contributed by atoms with van der Waals surface area (Å²) in [6.45, 7) is 2.05. The van der Waals surface area contributed by atoms with Crippen LogP contribution in [-0.4, -0.2) is 5.91 Å². The number of halogens is 1. The van der Waals surface area contributed by atoms with Crippen LogP contribution in [0.15, 0.2) is 28.7 Å². The average Bonchev–Trinajstić information content (AvgIpc) is 2.67. The first-order chi connectivity index (χ1) is 9.65. The van der Waals surface area contributed by atoms with Crippen molar-refractivity contribution in [2.75, 3.05) is 0 Å². The quantitative estimate of drug-likeness (QED) is 0.770. The maximum Gasteiger partial charge on any atom is 0.220 e. The molecule has 1 unspecified atom stereocenters. The van der Waals surface area contributed by atoms with Gasteiger partial charge in [0.1, 0.15) is 0 Å². The lowest BCUT2D eigenvalue weighted by Gasteiger charge is -2.18. The molecule has 1 fully saturated rings. The lowest BCUT2D eigenvalue weighted by Crippen LogP contribution is -2.28. The van der Waals surface area contributed by atoms with Crippen LogP contribution in [0.1, 0.15) is 63.5 Å². The molecule has 1 aromatic carbocycles. The molecule has 2 rings (SSSR count). The van der Waals surface area contributed by atoms with Crippen molar-refractivity contribution in [2.24, 2.45) is 5.92 Å². The lowest BCUT2D eigenvalue weighted by atomic mass is 9.96. The van der Waals surface area contributed by atoms with Gasteiger partial charge in [-0.1, -0.05) is 53.7 Å². The third-order valence-electron chi connectivity index (χ3n) is 4.17. The Morgan fingerprint density at radius 1 is 1.30 bits per heavy atom. The Morgan fingerprint density at radius 2 is 2.00 bits per heavy atom. The first kappa shape index (κ1) is 15.6. The fourth-order valence-electron chi connectivity index (χ4n) is 2.99. The Labute approximate surface area is 130 Å². The Bertz CT molecular complexity index is 438. The van der Waals surface area contributed by atoms with E-state index in [1.807, 2.05) is 19.1 Å². The van der Waals surface area contributed by atoms with Crippen molar-refractivity contribution in [3.05, 3.63) is 34.3 Å². The second kappa shape index (κ2) is 7.82. The summed E-state index contributed by atoms with van der Waals surface area (Å²) in [5.74, 6) is 0.789. The monoisotopic (exact) mass is 337 g/mol. The molecule has 1 aliphatic rings. The molecule has 0 spiro atoms. The molecule has 2 nitrogen and oxygen atoms in total. The van der Waals surface area contributed by atoms with Crippen LogP contribution in [0.4, 0.5) is 0 Å². The first-order valence-electron chi connectivity index (χ1n) is 7.70. The van der Waals surface area contributed by atoms with Gasteiger partial charge in [-0.3, -0.25) is 4.79 Å². The van der Waals surface area contributed by atoms with Gasteiger partial charge in [0.25, 0.3) is 0 Å². The molecular formula is C17H24BrNO. The second-order valence-corrected chi connectivity index (χ2v) is 6.82. The number of carbonyl (C=O) groups excluding carboxylic acids is 1. The van der Waals surface area contributed by atoms with Crippen LogP contribution in [0.25, 0.3) is 0 Å². The smallest absolute Gasteiger partial charge is 0.220 e. The minimum atomic E-state index is 0.0748. The standard InChI is InChI=1S/C17H24BrNO/c1-13(15-9-6-10-16(18)12-15)19-17(20)11-14-7-4-2-3-5-8-14/h6,9-10,12-14H,2-5,7-8,11H2,1H3,(H,19,20). The molecule has 0 saturated heterocycles. The third kappa shape index (κ3) is 4.93. The summed E-state index contributed by atoms with van der Waals surface area (Å²) in [5, 5.41) is 3.13. The molecule has 0 aliphatic heterocycles. The maximum atomic E-state index is 12.2. The second-order valence-electron chi connectivity index (χ2n) is 5.91. The van der Waals surface area contributed by atoms with Crippen molar-refractivity contribution < 1.29 is 4.79 Å². The van der Waals surface area contributed by atoms with E-state index in [1.54, 1.807) is 0 Å². The normalized spacial score (nSPS) is 18.3. The van der Waals surface area contributed by atoms with Gasteiger partial charge in [0, 0.05) is 10.9 Å². The van der Waals surface area contributed by atoms with Crippen LogP contribution in [-0.2, 0) is 4.79 Å². The zero-order valence-electron chi connectivity index (χ0n) is 12.2. The van der Waals surface area contributed by atoms with Crippen LogP contribution in [0, 0.1) is 5.92 Å². The summed E-state index contributed by atoms with van der Waals surface area (Å²) in [4.78, 5) is 12.2. The predicted octanol–water partition coefficient (Wildman–Crippen LogP) is 4.99. The SMILES string of the molecule is CC(NC(=O)CC1CCCCCC1)c1cccc(Br)c1. The predicted molar refractivity (Wildman–Crippen MR) is 86.5 cm³/mol. The number of carbonyl (C=O) groups is 1. The van der Waals surface area contributed by atoms with E-state index in [0.29, 0.717) is 12.3 Å². The van der Waals surface area contributed by atoms with Crippen molar-refractivity contribution in [3.8, 4) is 0 Å². The van der Waals surface area contributed by atoms with Crippen molar-refractivity contribution in [1.82, 2.24) is 5.32 Å². The van der Waals surface area contributed by atoms with Gasteiger partial charge in [-0.05, 0) is 43.4 Å². The molecule has 110 valence electrons. The number of amides is 1. The van der Waals surface area contributed by atoms with E-state index < -0.39 is 0 Å². The molecule has 1 atom stereocenters. The minimum Gasteiger partial charge on any atom is -0.350 e. The molecule has 3 heteroatoms. The van der Waals surface area contributed by atoms with Crippen molar-refractivity contribution in [1.29, 1.82) is 0 Å². The fourth-order valence-corrected chi connectivity index (χ4v) is 3.41. The Balaban J connectivity index is 1.84. The molecule has 1 aromatic rings. The number of hydrogen-bond acceptors (Lipinski definition) is 1. The summed E-state index contributed by atoms with van der Waals surface area (Å²) in [6, 6.07) is 8.21. The van der Waals surface area contributed by atoms with Crippen LogP contribution < -0.4 is 5.32 Å². The van der Waals surface area contributed by atoms with Crippen LogP contribution in [0.3, 0.4) is 0 Å². The highest BCUT2D eigenvalue weighted by molar-refractivity contribution is 9.10. The van der Waals surface area contributed by atoms with Crippen molar-refractivity contribution in [3.63, 3.8) is 0 Å². The van der Waals surface area contributed by atoms with Gasteiger partial charge in [-0.25, -0.2) is 0 Å². The molecule has 1 N–H and O–H groups in total. The first-order valence-corrected chi connectivity index (χ1v) is 8.49. The summed E-state index contributed by atoms with van der Waals surface area (Å²) in [6.07, 6.45) is 8.40. The van der Waals surface area contributed by atoms with Gasteiger partial charge < -0.3 is 5.32 Å².